The number of esters is 1. The van der Waals surface area contributed by atoms with Crippen LogP contribution in [0.4, 0.5) is 13.2 Å². The predicted octanol–water partition coefficient (Wildman–Crippen LogP) is 2.95. The third-order valence-corrected chi connectivity index (χ3v) is 2.73. The van der Waals surface area contributed by atoms with Crippen LogP contribution in [-0.4, -0.2) is 29.5 Å². The fourth-order valence-electron chi connectivity index (χ4n) is 1.62. The van der Waals surface area contributed by atoms with Crippen LogP contribution in [-0.2, 0) is 9.53 Å². The number of carbonyl (C=O) groups excluding carboxylic acids is 1. The second-order valence-corrected chi connectivity index (χ2v) is 4.22. The Morgan fingerprint density at radius 2 is 1.85 bits per heavy atom. The largest absolute Gasteiger partial charge is 0.464 e. The van der Waals surface area contributed by atoms with E-state index < -0.39 is 24.2 Å². The lowest BCUT2D eigenvalue weighted by atomic mass is 9.91. The molecular weight excluding hydrogens is 273 g/mol. The van der Waals surface area contributed by atoms with E-state index in [9.17, 15) is 23.1 Å². The normalized spacial score (nSPS) is 14.4. The molecule has 0 radical (unpaired) electrons. The first-order valence-electron chi connectivity index (χ1n) is 5.92. The summed E-state index contributed by atoms with van der Waals surface area (Å²) in [6, 6.07) is 8.03. The summed E-state index contributed by atoms with van der Waals surface area (Å²) in [4.78, 5) is 11.4. The lowest BCUT2D eigenvalue weighted by molar-refractivity contribution is -0.260. The first-order chi connectivity index (χ1) is 9.22. The van der Waals surface area contributed by atoms with Gasteiger partial charge in [-0.1, -0.05) is 36.9 Å². The highest BCUT2D eigenvalue weighted by atomic mass is 19.4. The minimum Gasteiger partial charge on any atom is -0.464 e. The Labute approximate surface area is 114 Å². The fourth-order valence-corrected chi connectivity index (χ4v) is 1.62. The number of halogens is 3. The number of hydrogen-bond donors (Lipinski definition) is 1. The maximum absolute atomic E-state index is 13.0. The van der Waals surface area contributed by atoms with Gasteiger partial charge in [0.05, 0.1) is 6.61 Å². The predicted molar refractivity (Wildman–Crippen MR) is 67.7 cm³/mol. The Kier molecular flexibility index (Phi) is 4.94. The molecule has 0 saturated heterocycles. The van der Waals surface area contributed by atoms with E-state index >= 15 is 0 Å². The van der Waals surface area contributed by atoms with Crippen LogP contribution in [0.15, 0.2) is 36.9 Å². The molecule has 6 heteroatoms. The monoisotopic (exact) mass is 288 g/mol. The van der Waals surface area contributed by atoms with Crippen LogP contribution >= 0.6 is 0 Å². The number of alkyl halides is 3. The highest BCUT2D eigenvalue weighted by Gasteiger charge is 2.60. The molecule has 1 atom stereocenters. The average Bonchev–Trinajstić information content (AvgIpc) is 2.38. The van der Waals surface area contributed by atoms with Gasteiger partial charge in [0, 0.05) is 6.42 Å². The van der Waals surface area contributed by atoms with Crippen LogP contribution in [0, 0.1) is 0 Å². The summed E-state index contributed by atoms with van der Waals surface area (Å²) in [5, 5.41) is 9.72. The van der Waals surface area contributed by atoms with Crippen LogP contribution in [0.1, 0.15) is 18.9 Å². The summed E-state index contributed by atoms with van der Waals surface area (Å²) < 4.78 is 43.2. The van der Waals surface area contributed by atoms with Gasteiger partial charge in [0.15, 0.2) is 0 Å². The van der Waals surface area contributed by atoms with Gasteiger partial charge in [0.1, 0.15) is 0 Å². The van der Waals surface area contributed by atoms with Crippen molar-refractivity contribution in [2.75, 3.05) is 6.61 Å². The molecule has 1 rings (SSSR count). The highest BCUT2D eigenvalue weighted by molar-refractivity contribution is 5.83. The van der Waals surface area contributed by atoms with Gasteiger partial charge in [-0.25, -0.2) is 4.79 Å². The molecule has 0 bridgehead atoms. The lowest BCUT2D eigenvalue weighted by Crippen LogP contribution is -2.53. The van der Waals surface area contributed by atoms with Gasteiger partial charge in [-0.3, -0.25) is 0 Å². The van der Waals surface area contributed by atoms with E-state index in [1.165, 1.54) is 6.92 Å². The van der Waals surface area contributed by atoms with Crippen molar-refractivity contribution in [2.24, 2.45) is 0 Å². The minimum absolute atomic E-state index is 0.00141. The van der Waals surface area contributed by atoms with Crippen molar-refractivity contribution in [2.45, 2.75) is 25.1 Å². The molecule has 0 amide bonds. The summed E-state index contributed by atoms with van der Waals surface area (Å²) in [5.74, 6) is -1.72. The molecule has 0 unspecified atom stereocenters. The van der Waals surface area contributed by atoms with Gasteiger partial charge < -0.3 is 9.84 Å². The third kappa shape index (κ3) is 3.39. The van der Waals surface area contributed by atoms with Gasteiger partial charge in [0.25, 0.3) is 5.60 Å². The highest BCUT2D eigenvalue weighted by Crippen LogP contribution is 2.38. The Balaban J connectivity index is 3.03. The van der Waals surface area contributed by atoms with Crippen molar-refractivity contribution < 1.29 is 27.8 Å². The number of ether oxygens (including phenoxy) is 1. The van der Waals surface area contributed by atoms with E-state index in [2.05, 4.69) is 11.3 Å². The van der Waals surface area contributed by atoms with Gasteiger partial charge in [-0.05, 0) is 18.1 Å². The van der Waals surface area contributed by atoms with Crippen molar-refractivity contribution in [1.82, 2.24) is 0 Å². The van der Waals surface area contributed by atoms with E-state index in [-0.39, 0.29) is 12.2 Å². The Morgan fingerprint density at radius 1 is 1.30 bits per heavy atom. The zero-order chi connectivity index (χ0) is 15.4. The van der Waals surface area contributed by atoms with Crippen LogP contribution in [0.3, 0.4) is 0 Å². The molecule has 3 nitrogen and oxygen atoms in total. The van der Waals surface area contributed by atoms with Crippen LogP contribution in [0.5, 0.6) is 0 Å². The lowest BCUT2D eigenvalue weighted by Gasteiger charge is -2.28. The van der Waals surface area contributed by atoms with Gasteiger partial charge in [-0.15, -0.1) is 0 Å². The second kappa shape index (κ2) is 6.09. The van der Waals surface area contributed by atoms with Gasteiger partial charge in [0.2, 0.25) is 0 Å². The summed E-state index contributed by atoms with van der Waals surface area (Å²) in [5.41, 5.74) is -3.17. The Bertz CT molecular complexity index is 482. The van der Waals surface area contributed by atoms with Gasteiger partial charge in [-0.2, -0.15) is 13.2 Å². The van der Waals surface area contributed by atoms with Crippen LogP contribution in [0.2, 0.25) is 0 Å². The molecule has 0 aliphatic heterocycles. The average molecular weight is 288 g/mol. The molecule has 0 aliphatic rings. The Morgan fingerprint density at radius 3 is 2.30 bits per heavy atom. The molecule has 0 saturated carbocycles. The summed E-state index contributed by atoms with van der Waals surface area (Å²) in [6.07, 6.45) is -6.11. The van der Waals surface area contributed by atoms with Crippen LogP contribution < -0.4 is 0 Å². The SMILES string of the molecule is C=C(C[C@](O)(C(=O)OCC)C(F)(F)F)c1ccccc1. The first-order valence-corrected chi connectivity index (χ1v) is 5.92. The topological polar surface area (TPSA) is 46.5 Å². The molecule has 1 N–H and O–H groups in total. The zero-order valence-electron chi connectivity index (χ0n) is 10.9. The van der Waals surface area contributed by atoms with Crippen molar-refractivity contribution >= 4 is 11.5 Å². The van der Waals surface area contributed by atoms with Crippen molar-refractivity contribution in [3.63, 3.8) is 0 Å². The molecule has 1 aromatic carbocycles. The number of aliphatic hydroxyl groups is 1. The molecule has 0 spiro atoms. The number of carbonyl (C=O) groups is 1. The van der Waals surface area contributed by atoms with E-state index in [1.807, 2.05) is 0 Å². The molecule has 0 aromatic heterocycles. The second-order valence-electron chi connectivity index (χ2n) is 4.22. The van der Waals surface area contributed by atoms with E-state index in [4.69, 9.17) is 0 Å². The zero-order valence-corrected chi connectivity index (χ0v) is 10.9. The number of rotatable bonds is 5. The van der Waals surface area contributed by atoms with E-state index in [0.717, 1.165) is 0 Å². The summed E-state index contributed by atoms with van der Waals surface area (Å²) >= 11 is 0. The summed E-state index contributed by atoms with van der Waals surface area (Å²) in [6.45, 7) is 4.61. The molecule has 110 valence electrons. The molecule has 0 heterocycles. The molecule has 0 aliphatic carbocycles. The molecule has 0 fully saturated rings. The summed E-state index contributed by atoms with van der Waals surface area (Å²) in [7, 11) is 0. The van der Waals surface area contributed by atoms with Crippen molar-refractivity contribution in [3.8, 4) is 0 Å². The van der Waals surface area contributed by atoms with Crippen molar-refractivity contribution in [1.29, 1.82) is 0 Å². The number of benzene rings is 1. The quantitative estimate of drug-likeness (QED) is 0.847. The van der Waals surface area contributed by atoms with E-state index in [0.29, 0.717) is 5.56 Å². The molecular formula is C14H15F3O3. The first kappa shape index (κ1) is 16.2. The number of hydrogen-bond acceptors (Lipinski definition) is 3. The maximum Gasteiger partial charge on any atom is 0.428 e. The van der Waals surface area contributed by atoms with Crippen LogP contribution in [0.25, 0.3) is 5.57 Å². The Hall–Kier alpha value is -1.82. The standard InChI is InChI=1S/C14H15F3O3/c1-3-20-12(18)13(19,14(15,16)17)9-10(2)11-7-5-4-6-8-11/h4-8,19H,2-3,9H2,1H3/t13-/m0/s1. The van der Waals surface area contributed by atoms with E-state index in [1.54, 1.807) is 30.3 Å². The minimum atomic E-state index is -5.14. The fraction of sp³-hybridized carbons (Fsp3) is 0.357. The maximum atomic E-state index is 13.0. The molecule has 20 heavy (non-hydrogen) atoms. The van der Waals surface area contributed by atoms with Crippen molar-refractivity contribution in [3.05, 3.63) is 42.5 Å². The third-order valence-electron chi connectivity index (χ3n) is 2.73. The smallest absolute Gasteiger partial charge is 0.428 e. The molecule has 1 aromatic rings. The van der Waals surface area contributed by atoms with Gasteiger partial charge >= 0.3 is 12.1 Å².